The molecule has 0 aliphatic heterocycles. The molecule has 1 aromatic heterocycles. The highest BCUT2D eigenvalue weighted by atomic mass is 16.5. The van der Waals surface area contributed by atoms with E-state index in [0.29, 0.717) is 31.7 Å². The van der Waals surface area contributed by atoms with Crippen molar-refractivity contribution in [2.24, 2.45) is 0 Å². The minimum atomic E-state index is -0.334. The van der Waals surface area contributed by atoms with Crippen LogP contribution in [0.5, 0.6) is 0 Å². The molecule has 2 rings (SSSR count). The number of ether oxygens (including phenoxy) is 1. The molecule has 0 saturated carbocycles. The lowest BCUT2D eigenvalue weighted by atomic mass is 10.2. The summed E-state index contributed by atoms with van der Waals surface area (Å²) in [4.78, 5) is 27.3. The molecule has 2 aromatic rings. The van der Waals surface area contributed by atoms with Crippen LogP contribution in [0.2, 0.25) is 0 Å². The molecule has 2 N–H and O–H groups in total. The molecule has 0 aliphatic carbocycles. The highest BCUT2D eigenvalue weighted by Crippen LogP contribution is 2.10. The van der Waals surface area contributed by atoms with E-state index < -0.39 is 0 Å². The Bertz CT molecular complexity index is 657. The van der Waals surface area contributed by atoms with Crippen LogP contribution in [0, 0.1) is 0 Å². The van der Waals surface area contributed by atoms with Gasteiger partial charge in [-0.05, 0) is 48.9 Å². The smallest absolute Gasteiger partial charge is 0.338 e. The minimum Gasteiger partial charge on any atom is -0.462 e. The summed E-state index contributed by atoms with van der Waals surface area (Å²) in [6.07, 6.45) is 3.76. The Kier molecular flexibility index (Phi) is 6.76. The Morgan fingerprint density at radius 3 is 2.46 bits per heavy atom. The van der Waals surface area contributed by atoms with Gasteiger partial charge in [0.2, 0.25) is 5.91 Å². The van der Waals surface area contributed by atoms with E-state index in [1.54, 1.807) is 43.6 Å². The van der Waals surface area contributed by atoms with Gasteiger partial charge in [-0.15, -0.1) is 0 Å². The van der Waals surface area contributed by atoms with E-state index in [9.17, 15) is 9.59 Å². The van der Waals surface area contributed by atoms with Gasteiger partial charge in [-0.25, -0.2) is 4.79 Å². The Hall–Kier alpha value is -2.89. The maximum Gasteiger partial charge on any atom is 0.338 e. The van der Waals surface area contributed by atoms with Gasteiger partial charge in [-0.3, -0.25) is 9.78 Å². The van der Waals surface area contributed by atoms with Crippen LogP contribution in [0.3, 0.4) is 0 Å². The van der Waals surface area contributed by atoms with Gasteiger partial charge in [0.05, 0.1) is 12.2 Å². The van der Waals surface area contributed by atoms with Crippen molar-refractivity contribution >= 4 is 17.6 Å². The second-order valence-corrected chi connectivity index (χ2v) is 5.11. The molecule has 1 aromatic carbocycles. The maximum atomic E-state index is 11.8. The lowest BCUT2D eigenvalue weighted by Gasteiger charge is -2.08. The Labute approximate surface area is 141 Å². The molecule has 0 atom stereocenters. The number of amides is 1. The molecule has 1 heterocycles. The number of carbonyl (C=O) groups excluding carboxylic acids is 2. The van der Waals surface area contributed by atoms with Crippen LogP contribution in [0.25, 0.3) is 0 Å². The number of esters is 1. The van der Waals surface area contributed by atoms with Gasteiger partial charge >= 0.3 is 5.97 Å². The number of anilines is 1. The van der Waals surface area contributed by atoms with Crippen molar-refractivity contribution in [3.8, 4) is 0 Å². The number of carbonyl (C=O) groups is 2. The van der Waals surface area contributed by atoms with Gasteiger partial charge in [0, 0.05) is 37.6 Å². The number of aromatic nitrogens is 1. The van der Waals surface area contributed by atoms with E-state index in [2.05, 4.69) is 15.6 Å². The van der Waals surface area contributed by atoms with Crippen molar-refractivity contribution in [3.63, 3.8) is 0 Å². The fourth-order valence-corrected chi connectivity index (χ4v) is 2.05. The Morgan fingerprint density at radius 1 is 1.08 bits per heavy atom. The topological polar surface area (TPSA) is 80.3 Å². The average Bonchev–Trinajstić information content (AvgIpc) is 2.61. The van der Waals surface area contributed by atoms with Crippen LogP contribution < -0.4 is 10.6 Å². The molecule has 1 amide bonds. The summed E-state index contributed by atoms with van der Waals surface area (Å²) in [5.74, 6) is -0.359. The first-order valence-corrected chi connectivity index (χ1v) is 7.85. The molecule has 24 heavy (non-hydrogen) atoms. The molecule has 6 heteroatoms. The van der Waals surface area contributed by atoms with E-state index in [4.69, 9.17) is 4.74 Å². The molecular weight excluding hydrogens is 306 g/mol. The van der Waals surface area contributed by atoms with Crippen LogP contribution in [0.15, 0.2) is 48.8 Å². The molecule has 0 bridgehead atoms. The molecule has 6 nitrogen and oxygen atoms in total. The fraction of sp³-hybridized carbons (Fsp3) is 0.278. The highest BCUT2D eigenvalue weighted by Gasteiger charge is 2.06. The van der Waals surface area contributed by atoms with Crippen molar-refractivity contribution in [2.45, 2.75) is 19.9 Å². The lowest BCUT2D eigenvalue weighted by molar-refractivity contribution is -0.121. The third kappa shape index (κ3) is 5.72. The van der Waals surface area contributed by atoms with Crippen LogP contribution >= 0.6 is 0 Å². The first kappa shape index (κ1) is 17.5. The number of nitrogens with zero attached hydrogens (tertiary/aromatic N) is 1. The molecule has 0 aliphatic rings. The lowest BCUT2D eigenvalue weighted by Crippen LogP contribution is -2.24. The van der Waals surface area contributed by atoms with Gasteiger partial charge in [0.1, 0.15) is 0 Å². The number of rotatable bonds is 8. The average molecular weight is 327 g/mol. The zero-order chi connectivity index (χ0) is 17.2. The first-order valence-electron chi connectivity index (χ1n) is 7.85. The summed E-state index contributed by atoms with van der Waals surface area (Å²) in [5.41, 5.74) is 2.38. The Morgan fingerprint density at radius 2 is 1.79 bits per heavy atom. The number of hydrogen-bond acceptors (Lipinski definition) is 5. The van der Waals surface area contributed by atoms with Gasteiger partial charge < -0.3 is 15.4 Å². The summed E-state index contributed by atoms with van der Waals surface area (Å²) < 4.78 is 4.93. The second kappa shape index (κ2) is 9.29. The van der Waals surface area contributed by atoms with Crippen molar-refractivity contribution in [3.05, 3.63) is 59.9 Å². The summed E-state index contributed by atoms with van der Waals surface area (Å²) in [7, 11) is 0. The van der Waals surface area contributed by atoms with Crippen LogP contribution in [0.4, 0.5) is 5.69 Å². The summed E-state index contributed by atoms with van der Waals surface area (Å²) in [6.45, 7) is 3.14. The zero-order valence-corrected chi connectivity index (χ0v) is 13.6. The second-order valence-electron chi connectivity index (χ2n) is 5.11. The number of pyridine rings is 1. The molecule has 0 unspecified atom stereocenters. The summed E-state index contributed by atoms with van der Waals surface area (Å²) >= 11 is 0. The summed E-state index contributed by atoms with van der Waals surface area (Å²) in [5, 5.41) is 6.00. The molecular formula is C18H21N3O3. The SMILES string of the molecule is CCOC(=O)c1ccc(NCCC(=O)NCc2ccncc2)cc1. The largest absolute Gasteiger partial charge is 0.462 e. The van der Waals surface area contributed by atoms with Crippen LogP contribution in [-0.4, -0.2) is 30.0 Å². The quantitative estimate of drug-likeness (QED) is 0.728. The molecule has 0 saturated heterocycles. The van der Waals surface area contributed by atoms with E-state index >= 15 is 0 Å². The van der Waals surface area contributed by atoms with E-state index in [0.717, 1.165) is 11.3 Å². The van der Waals surface area contributed by atoms with Gasteiger partial charge in [0.15, 0.2) is 0 Å². The third-order valence-corrected chi connectivity index (χ3v) is 3.32. The van der Waals surface area contributed by atoms with Gasteiger partial charge in [0.25, 0.3) is 0 Å². The third-order valence-electron chi connectivity index (χ3n) is 3.32. The van der Waals surface area contributed by atoms with Crippen LogP contribution in [0.1, 0.15) is 29.3 Å². The molecule has 126 valence electrons. The van der Waals surface area contributed by atoms with E-state index in [-0.39, 0.29) is 11.9 Å². The van der Waals surface area contributed by atoms with E-state index in [1.807, 2.05) is 12.1 Å². The van der Waals surface area contributed by atoms with Crippen molar-refractivity contribution in [1.82, 2.24) is 10.3 Å². The van der Waals surface area contributed by atoms with E-state index in [1.165, 1.54) is 0 Å². The number of nitrogens with one attached hydrogen (secondary N) is 2. The highest BCUT2D eigenvalue weighted by molar-refractivity contribution is 5.89. The molecule has 0 radical (unpaired) electrons. The minimum absolute atomic E-state index is 0.0255. The molecule has 0 fully saturated rings. The van der Waals surface area contributed by atoms with Gasteiger partial charge in [-0.1, -0.05) is 0 Å². The van der Waals surface area contributed by atoms with Crippen molar-refractivity contribution < 1.29 is 14.3 Å². The normalized spacial score (nSPS) is 10.0. The monoisotopic (exact) mass is 327 g/mol. The standard InChI is InChI=1S/C18H21N3O3/c1-2-24-18(23)15-3-5-16(6-4-15)20-12-9-17(22)21-13-14-7-10-19-11-8-14/h3-8,10-11,20H,2,9,12-13H2,1H3,(H,21,22). The predicted molar refractivity (Wildman–Crippen MR) is 91.6 cm³/mol. The predicted octanol–water partition coefficient (Wildman–Crippen LogP) is 2.38. The van der Waals surface area contributed by atoms with Crippen molar-refractivity contribution in [1.29, 1.82) is 0 Å². The molecule has 0 spiro atoms. The van der Waals surface area contributed by atoms with Gasteiger partial charge in [-0.2, -0.15) is 0 Å². The number of benzene rings is 1. The Balaban J connectivity index is 1.69. The van der Waals surface area contributed by atoms with Crippen molar-refractivity contribution in [2.75, 3.05) is 18.5 Å². The zero-order valence-electron chi connectivity index (χ0n) is 13.6. The fourth-order valence-electron chi connectivity index (χ4n) is 2.05. The first-order chi connectivity index (χ1) is 11.7. The summed E-state index contributed by atoms with van der Waals surface area (Å²) in [6, 6.07) is 10.7. The van der Waals surface area contributed by atoms with Crippen LogP contribution in [-0.2, 0) is 16.1 Å². The number of hydrogen-bond donors (Lipinski definition) is 2. The maximum absolute atomic E-state index is 11.8.